The van der Waals surface area contributed by atoms with Crippen LogP contribution in [0.25, 0.3) is 0 Å². The van der Waals surface area contributed by atoms with Crippen LogP contribution in [-0.4, -0.2) is 76.0 Å². The summed E-state index contributed by atoms with van der Waals surface area (Å²) in [7, 11) is 0. The zero-order valence-electron chi connectivity index (χ0n) is 13.4. The highest BCUT2D eigenvalue weighted by molar-refractivity contribution is 5.82. The van der Waals surface area contributed by atoms with Gasteiger partial charge in [0.2, 0.25) is 5.91 Å². The van der Waals surface area contributed by atoms with E-state index in [1.165, 1.54) is 19.3 Å². The molecule has 1 aliphatic carbocycles. The average Bonchev–Trinajstić information content (AvgIpc) is 2.90. The summed E-state index contributed by atoms with van der Waals surface area (Å²) in [5.74, 6) is -1.06. The average molecular weight is 323 g/mol. The van der Waals surface area contributed by atoms with Crippen LogP contribution < -0.4 is 0 Å². The molecule has 7 heteroatoms. The molecular formula is C16H25N3O4. The Morgan fingerprint density at radius 3 is 2.39 bits per heavy atom. The summed E-state index contributed by atoms with van der Waals surface area (Å²) in [6.45, 7) is 2.31. The van der Waals surface area contributed by atoms with Crippen molar-refractivity contribution in [3.63, 3.8) is 0 Å². The molecule has 0 radical (unpaired) electrons. The smallest absolute Gasteiger partial charge is 0.320 e. The third-order valence-corrected chi connectivity index (χ3v) is 5.30. The normalized spacial score (nSPS) is 25.7. The number of rotatable bonds is 4. The van der Waals surface area contributed by atoms with Gasteiger partial charge in [-0.25, -0.2) is 4.79 Å². The van der Waals surface area contributed by atoms with Crippen LogP contribution in [0.5, 0.6) is 0 Å². The Kier molecular flexibility index (Phi) is 4.73. The van der Waals surface area contributed by atoms with Gasteiger partial charge < -0.3 is 19.8 Å². The van der Waals surface area contributed by atoms with Crippen LogP contribution in [0.4, 0.5) is 4.79 Å². The van der Waals surface area contributed by atoms with Gasteiger partial charge in [0.1, 0.15) is 0 Å². The molecule has 1 saturated carbocycles. The quantitative estimate of drug-likeness (QED) is 0.841. The second-order valence-electron chi connectivity index (χ2n) is 6.81. The van der Waals surface area contributed by atoms with E-state index in [2.05, 4.69) is 0 Å². The summed E-state index contributed by atoms with van der Waals surface area (Å²) < 4.78 is 0. The number of carbonyl (C=O) groups excluding carboxylic acids is 2. The van der Waals surface area contributed by atoms with Gasteiger partial charge in [-0.05, 0) is 12.8 Å². The monoisotopic (exact) mass is 323 g/mol. The molecule has 2 saturated heterocycles. The molecule has 7 nitrogen and oxygen atoms in total. The van der Waals surface area contributed by atoms with E-state index in [0.717, 1.165) is 12.8 Å². The molecule has 3 fully saturated rings. The van der Waals surface area contributed by atoms with E-state index < -0.39 is 5.97 Å². The zero-order chi connectivity index (χ0) is 16.4. The minimum atomic E-state index is -0.948. The molecule has 0 bridgehead atoms. The molecule has 1 N–H and O–H groups in total. The maximum atomic E-state index is 12.6. The Hall–Kier alpha value is -1.79. The highest BCUT2D eigenvalue weighted by Crippen LogP contribution is 2.29. The molecule has 0 unspecified atom stereocenters. The molecule has 1 atom stereocenters. The first-order chi connectivity index (χ1) is 11.1. The second-order valence-corrected chi connectivity index (χ2v) is 6.81. The van der Waals surface area contributed by atoms with E-state index in [1.54, 1.807) is 4.90 Å². The van der Waals surface area contributed by atoms with Crippen LogP contribution in [0, 0.1) is 0 Å². The van der Waals surface area contributed by atoms with Crippen molar-refractivity contribution in [3.05, 3.63) is 0 Å². The van der Waals surface area contributed by atoms with Crippen molar-refractivity contribution in [2.75, 3.05) is 26.2 Å². The second kappa shape index (κ2) is 6.76. The fraction of sp³-hybridized carbons (Fsp3) is 0.812. The molecule has 0 aromatic carbocycles. The third-order valence-electron chi connectivity index (χ3n) is 5.30. The number of carboxylic acid groups (broad SMARTS) is 1. The predicted octanol–water partition coefficient (Wildman–Crippen LogP) is 1.13. The van der Waals surface area contributed by atoms with Gasteiger partial charge in [0.25, 0.3) is 0 Å². The van der Waals surface area contributed by atoms with Gasteiger partial charge in [0.15, 0.2) is 0 Å². The minimum absolute atomic E-state index is 0.0440. The summed E-state index contributed by atoms with van der Waals surface area (Å²) in [6.07, 6.45) is 5.75. The fourth-order valence-electron chi connectivity index (χ4n) is 4.03. The van der Waals surface area contributed by atoms with Gasteiger partial charge >= 0.3 is 12.0 Å². The maximum Gasteiger partial charge on any atom is 0.320 e. The van der Waals surface area contributed by atoms with Gasteiger partial charge in [-0.2, -0.15) is 0 Å². The molecule has 2 aliphatic heterocycles. The van der Waals surface area contributed by atoms with Crippen molar-refractivity contribution in [3.8, 4) is 0 Å². The first-order valence-electron chi connectivity index (χ1n) is 8.63. The molecular weight excluding hydrogens is 298 g/mol. The molecule has 0 spiro atoms. The van der Waals surface area contributed by atoms with E-state index in [0.29, 0.717) is 32.2 Å². The summed E-state index contributed by atoms with van der Waals surface area (Å²) >= 11 is 0. The number of urea groups is 1. The van der Waals surface area contributed by atoms with E-state index in [4.69, 9.17) is 5.11 Å². The first kappa shape index (κ1) is 16.1. The Balaban J connectivity index is 1.57. The number of hydrogen-bond donors (Lipinski definition) is 1. The SMILES string of the molecule is O=C(O)CCC(=O)N1CCN2C(=O)N(C3CCCCC3)C[C@H]2C1. The number of hydrogen-bond acceptors (Lipinski definition) is 3. The topological polar surface area (TPSA) is 81.2 Å². The lowest BCUT2D eigenvalue weighted by Crippen LogP contribution is -2.53. The van der Waals surface area contributed by atoms with Gasteiger partial charge in [-0.3, -0.25) is 9.59 Å². The number of fused-ring (bicyclic) bond motifs is 1. The van der Waals surface area contributed by atoms with Crippen molar-refractivity contribution in [2.24, 2.45) is 0 Å². The van der Waals surface area contributed by atoms with Gasteiger partial charge in [-0.1, -0.05) is 19.3 Å². The van der Waals surface area contributed by atoms with E-state index in [9.17, 15) is 14.4 Å². The largest absolute Gasteiger partial charge is 0.481 e. The van der Waals surface area contributed by atoms with Crippen LogP contribution in [0.15, 0.2) is 0 Å². The predicted molar refractivity (Wildman–Crippen MR) is 82.9 cm³/mol. The molecule has 0 aromatic rings. The van der Waals surface area contributed by atoms with E-state index >= 15 is 0 Å². The number of carbonyl (C=O) groups is 3. The molecule has 3 rings (SSSR count). The highest BCUT2D eigenvalue weighted by Gasteiger charge is 2.43. The molecule has 23 heavy (non-hydrogen) atoms. The summed E-state index contributed by atoms with van der Waals surface area (Å²) in [5.41, 5.74) is 0. The minimum Gasteiger partial charge on any atom is -0.481 e. The number of piperazine rings is 1. The number of amides is 3. The lowest BCUT2D eigenvalue weighted by molar-refractivity contribution is -0.141. The molecule has 2 heterocycles. The molecule has 3 amide bonds. The van der Waals surface area contributed by atoms with Crippen molar-refractivity contribution < 1.29 is 19.5 Å². The third kappa shape index (κ3) is 3.43. The fourth-order valence-corrected chi connectivity index (χ4v) is 4.03. The Bertz CT molecular complexity index is 490. The van der Waals surface area contributed by atoms with Crippen molar-refractivity contribution in [1.29, 1.82) is 0 Å². The Morgan fingerprint density at radius 2 is 1.70 bits per heavy atom. The first-order valence-corrected chi connectivity index (χ1v) is 8.63. The summed E-state index contributed by atoms with van der Waals surface area (Å²) in [6, 6.07) is 0.546. The molecule has 3 aliphatic rings. The number of carboxylic acids is 1. The van der Waals surface area contributed by atoms with Gasteiger partial charge in [-0.15, -0.1) is 0 Å². The highest BCUT2D eigenvalue weighted by atomic mass is 16.4. The summed E-state index contributed by atoms with van der Waals surface area (Å²) in [5, 5.41) is 8.69. The number of nitrogens with zero attached hydrogens (tertiary/aromatic N) is 3. The lowest BCUT2D eigenvalue weighted by Gasteiger charge is -2.36. The van der Waals surface area contributed by atoms with Crippen LogP contribution in [0.2, 0.25) is 0 Å². The van der Waals surface area contributed by atoms with Gasteiger partial charge in [0.05, 0.1) is 12.5 Å². The van der Waals surface area contributed by atoms with Crippen LogP contribution in [0.1, 0.15) is 44.9 Å². The molecule has 0 aromatic heterocycles. The lowest BCUT2D eigenvalue weighted by atomic mass is 9.94. The van der Waals surface area contributed by atoms with Crippen LogP contribution >= 0.6 is 0 Å². The van der Waals surface area contributed by atoms with Gasteiger partial charge in [0, 0.05) is 38.6 Å². The Morgan fingerprint density at radius 1 is 0.957 bits per heavy atom. The Labute approximate surface area is 136 Å². The van der Waals surface area contributed by atoms with Crippen molar-refractivity contribution in [2.45, 2.75) is 57.0 Å². The van der Waals surface area contributed by atoms with Crippen molar-refractivity contribution >= 4 is 17.9 Å². The molecule has 128 valence electrons. The van der Waals surface area contributed by atoms with Crippen molar-refractivity contribution in [1.82, 2.24) is 14.7 Å². The maximum absolute atomic E-state index is 12.6. The number of aliphatic carboxylic acids is 1. The van der Waals surface area contributed by atoms with Crippen LogP contribution in [-0.2, 0) is 9.59 Å². The van der Waals surface area contributed by atoms with E-state index in [-0.39, 0.29) is 30.8 Å². The van der Waals surface area contributed by atoms with Crippen LogP contribution in [0.3, 0.4) is 0 Å². The van der Waals surface area contributed by atoms with E-state index in [1.807, 2.05) is 9.80 Å². The standard InChI is InChI=1S/C16H25N3O4/c20-14(6-7-15(21)22)17-8-9-18-13(10-17)11-19(16(18)23)12-4-2-1-3-5-12/h12-13H,1-11H2,(H,21,22)/t13-/m1/s1. The summed E-state index contributed by atoms with van der Waals surface area (Å²) in [4.78, 5) is 40.9. The zero-order valence-corrected chi connectivity index (χ0v) is 13.4.